The molecule has 0 spiro atoms. The van der Waals surface area contributed by atoms with Crippen LogP contribution in [0.25, 0.3) is 0 Å². The van der Waals surface area contributed by atoms with Gasteiger partial charge in [0.1, 0.15) is 17.3 Å². The average Bonchev–Trinajstić information content (AvgIpc) is 2.55. The summed E-state index contributed by atoms with van der Waals surface area (Å²) in [7, 11) is 4.03. The standard InChI is InChI=1S/C19H27N5O/c1-13-8-6-9-16(14(13)2)23-18-12-17(21-15(3)22-18)19(25)20-10-7-11-24(4)5/h6,8-9,12H,7,10-11H2,1-5H3,(H,20,25)(H,21,22,23). The van der Waals surface area contributed by atoms with Crippen LogP contribution in [0.2, 0.25) is 0 Å². The Balaban J connectivity index is 2.09. The summed E-state index contributed by atoms with van der Waals surface area (Å²) in [5.41, 5.74) is 3.73. The fourth-order valence-corrected chi connectivity index (χ4v) is 2.46. The lowest BCUT2D eigenvalue weighted by molar-refractivity contribution is 0.0947. The zero-order valence-electron chi connectivity index (χ0n) is 15.7. The molecular formula is C19H27N5O. The highest BCUT2D eigenvalue weighted by molar-refractivity contribution is 5.93. The lowest BCUT2D eigenvalue weighted by Crippen LogP contribution is -2.28. The molecule has 0 aliphatic rings. The SMILES string of the molecule is Cc1nc(Nc2cccc(C)c2C)cc(C(=O)NCCCN(C)C)n1. The normalized spacial score (nSPS) is 10.8. The lowest BCUT2D eigenvalue weighted by atomic mass is 10.1. The van der Waals surface area contributed by atoms with Crippen molar-refractivity contribution in [3.8, 4) is 0 Å². The van der Waals surface area contributed by atoms with E-state index in [0.717, 1.165) is 24.2 Å². The number of aromatic nitrogens is 2. The Morgan fingerprint density at radius 3 is 2.64 bits per heavy atom. The zero-order chi connectivity index (χ0) is 18.4. The maximum absolute atomic E-state index is 12.3. The van der Waals surface area contributed by atoms with E-state index < -0.39 is 0 Å². The van der Waals surface area contributed by atoms with Crippen LogP contribution in [0.1, 0.15) is 33.9 Å². The molecule has 0 unspecified atom stereocenters. The second kappa shape index (κ2) is 8.58. The minimum atomic E-state index is -0.173. The number of benzene rings is 1. The Morgan fingerprint density at radius 2 is 1.92 bits per heavy atom. The van der Waals surface area contributed by atoms with Crippen LogP contribution in [0, 0.1) is 20.8 Å². The molecule has 0 saturated carbocycles. The van der Waals surface area contributed by atoms with Crippen LogP contribution in [0.5, 0.6) is 0 Å². The number of hydrogen-bond donors (Lipinski definition) is 2. The predicted octanol–water partition coefficient (Wildman–Crippen LogP) is 2.83. The Labute approximate surface area is 149 Å². The molecular weight excluding hydrogens is 314 g/mol. The molecule has 1 aromatic carbocycles. The predicted molar refractivity (Wildman–Crippen MR) is 101 cm³/mol. The fraction of sp³-hybridized carbons (Fsp3) is 0.421. The van der Waals surface area contributed by atoms with Gasteiger partial charge in [-0.1, -0.05) is 12.1 Å². The third-order valence-corrected chi connectivity index (χ3v) is 4.01. The first-order valence-electron chi connectivity index (χ1n) is 8.48. The smallest absolute Gasteiger partial charge is 0.270 e. The number of carbonyl (C=O) groups excluding carboxylic acids is 1. The first-order chi connectivity index (χ1) is 11.9. The van der Waals surface area contributed by atoms with Crippen LogP contribution in [0.4, 0.5) is 11.5 Å². The summed E-state index contributed by atoms with van der Waals surface area (Å²) in [6, 6.07) is 7.76. The van der Waals surface area contributed by atoms with Crippen molar-refractivity contribution in [2.75, 3.05) is 32.5 Å². The molecule has 0 atom stereocenters. The van der Waals surface area contributed by atoms with Crippen molar-refractivity contribution in [1.29, 1.82) is 0 Å². The topological polar surface area (TPSA) is 70.2 Å². The van der Waals surface area contributed by atoms with Crippen molar-refractivity contribution in [3.63, 3.8) is 0 Å². The van der Waals surface area contributed by atoms with Crippen molar-refractivity contribution in [3.05, 3.63) is 46.9 Å². The van der Waals surface area contributed by atoms with Crippen LogP contribution in [0.15, 0.2) is 24.3 Å². The maximum Gasteiger partial charge on any atom is 0.270 e. The number of anilines is 2. The van der Waals surface area contributed by atoms with E-state index >= 15 is 0 Å². The molecule has 25 heavy (non-hydrogen) atoms. The van der Waals surface area contributed by atoms with Crippen molar-refractivity contribution in [2.45, 2.75) is 27.2 Å². The number of nitrogens with zero attached hydrogens (tertiary/aromatic N) is 3. The zero-order valence-corrected chi connectivity index (χ0v) is 15.7. The van der Waals surface area contributed by atoms with Gasteiger partial charge in [-0.05, 0) is 65.0 Å². The number of carbonyl (C=O) groups is 1. The molecule has 2 aromatic rings. The molecule has 0 aliphatic heterocycles. The van der Waals surface area contributed by atoms with E-state index in [0.29, 0.717) is 23.9 Å². The minimum Gasteiger partial charge on any atom is -0.351 e. The van der Waals surface area contributed by atoms with Crippen LogP contribution < -0.4 is 10.6 Å². The molecule has 0 aliphatic carbocycles. The van der Waals surface area contributed by atoms with Crippen molar-refractivity contribution >= 4 is 17.4 Å². The maximum atomic E-state index is 12.3. The Morgan fingerprint density at radius 1 is 1.16 bits per heavy atom. The number of amides is 1. The van der Waals surface area contributed by atoms with E-state index in [1.807, 2.05) is 26.2 Å². The first-order valence-corrected chi connectivity index (χ1v) is 8.48. The average molecular weight is 341 g/mol. The van der Waals surface area contributed by atoms with E-state index in [1.54, 1.807) is 13.0 Å². The molecule has 0 saturated heterocycles. The van der Waals surface area contributed by atoms with E-state index in [1.165, 1.54) is 5.56 Å². The van der Waals surface area contributed by atoms with Gasteiger partial charge in [-0.3, -0.25) is 4.79 Å². The first kappa shape index (κ1) is 18.9. The molecule has 2 rings (SSSR count). The van der Waals surface area contributed by atoms with Gasteiger partial charge >= 0.3 is 0 Å². The number of hydrogen-bond acceptors (Lipinski definition) is 5. The van der Waals surface area contributed by atoms with Crippen LogP contribution in [-0.2, 0) is 0 Å². The van der Waals surface area contributed by atoms with Gasteiger partial charge in [0.2, 0.25) is 0 Å². The van der Waals surface area contributed by atoms with Gasteiger partial charge in [0, 0.05) is 18.3 Å². The summed E-state index contributed by atoms with van der Waals surface area (Å²) in [4.78, 5) is 23.1. The van der Waals surface area contributed by atoms with Gasteiger partial charge < -0.3 is 15.5 Å². The summed E-state index contributed by atoms with van der Waals surface area (Å²) in [5.74, 6) is 1.02. The fourth-order valence-electron chi connectivity index (χ4n) is 2.46. The third kappa shape index (κ3) is 5.53. The summed E-state index contributed by atoms with van der Waals surface area (Å²) >= 11 is 0. The Hall–Kier alpha value is -2.47. The van der Waals surface area contributed by atoms with Crippen LogP contribution in [-0.4, -0.2) is 48.0 Å². The summed E-state index contributed by atoms with van der Waals surface area (Å²) in [6.07, 6.45) is 0.899. The minimum absolute atomic E-state index is 0.173. The summed E-state index contributed by atoms with van der Waals surface area (Å²) < 4.78 is 0. The second-order valence-corrected chi connectivity index (χ2v) is 6.47. The Bertz CT molecular complexity index is 743. The molecule has 0 radical (unpaired) electrons. The van der Waals surface area contributed by atoms with Gasteiger partial charge in [-0.2, -0.15) is 0 Å². The van der Waals surface area contributed by atoms with E-state index in [9.17, 15) is 4.79 Å². The van der Waals surface area contributed by atoms with Gasteiger partial charge in [0.25, 0.3) is 5.91 Å². The van der Waals surface area contributed by atoms with E-state index in [2.05, 4.69) is 45.4 Å². The highest BCUT2D eigenvalue weighted by Crippen LogP contribution is 2.22. The molecule has 6 nitrogen and oxygen atoms in total. The lowest BCUT2D eigenvalue weighted by Gasteiger charge is -2.13. The van der Waals surface area contributed by atoms with E-state index in [4.69, 9.17) is 0 Å². The molecule has 134 valence electrons. The quantitative estimate of drug-likeness (QED) is 0.758. The monoisotopic (exact) mass is 341 g/mol. The van der Waals surface area contributed by atoms with Gasteiger partial charge in [-0.15, -0.1) is 0 Å². The number of nitrogens with one attached hydrogen (secondary N) is 2. The Kier molecular flexibility index (Phi) is 6.47. The molecule has 0 fully saturated rings. The van der Waals surface area contributed by atoms with Gasteiger partial charge in [0.05, 0.1) is 0 Å². The molecule has 2 N–H and O–H groups in total. The third-order valence-electron chi connectivity index (χ3n) is 4.01. The van der Waals surface area contributed by atoms with Gasteiger partial charge in [-0.25, -0.2) is 9.97 Å². The summed E-state index contributed by atoms with van der Waals surface area (Å²) in [5, 5.41) is 6.20. The largest absolute Gasteiger partial charge is 0.351 e. The highest BCUT2D eigenvalue weighted by atomic mass is 16.1. The van der Waals surface area contributed by atoms with Crippen molar-refractivity contribution < 1.29 is 4.79 Å². The second-order valence-electron chi connectivity index (χ2n) is 6.47. The van der Waals surface area contributed by atoms with Crippen LogP contribution >= 0.6 is 0 Å². The number of aryl methyl sites for hydroxylation is 2. The number of rotatable bonds is 7. The molecule has 1 heterocycles. The highest BCUT2D eigenvalue weighted by Gasteiger charge is 2.11. The molecule has 6 heteroatoms. The van der Waals surface area contributed by atoms with E-state index in [-0.39, 0.29) is 5.91 Å². The van der Waals surface area contributed by atoms with Crippen LogP contribution in [0.3, 0.4) is 0 Å². The van der Waals surface area contributed by atoms with Crippen molar-refractivity contribution in [1.82, 2.24) is 20.2 Å². The molecule has 0 bridgehead atoms. The van der Waals surface area contributed by atoms with Gasteiger partial charge in [0.15, 0.2) is 0 Å². The molecule has 1 amide bonds. The van der Waals surface area contributed by atoms with Crippen molar-refractivity contribution in [2.24, 2.45) is 0 Å². The molecule has 1 aromatic heterocycles. The summed E-state index contributed by atoms with van der Waals surface area (Å²) in [6.45, 7) is 7.47.